The van der Waals surface area contributed by atoms with Gasteiger partial charge < -0.3 is 10.6 Å². The van der Waals surface area contributed by atoms with E-state index < -0.39 is 0 Å². The van der Waals surface area contributed by atoms with E-state index >= 15 is 0 Å². The first-order valence-corrected chi connectivity index (χ1v) is 7.63. The van der Waals surface area contributed by atoms with E-state index in [1.807, 2.05) is 0 Å². The molecule has 0 radical (unpaired) electrons. The summed E-state index contributed by atoms with van der Waals surface area (Å²) in [5.74, 6) is -0.122. The number of hydrogen-bond donors (Lipinski definition) is 2. The second-order valence-electron chi connectivity index (χ2n) is 5.96. The van der Waals surface area contributed by atoms with Crippen molar-refractivity contribution >= 4 is 34.8 Å². The standard InChI is InChI=1S/C15H20Cl2N2O/c1-15(2)8-4-7-12(15)18-9-13(20)19-14-10(16)5-3-6-11(14)17/h3,5-6,12,18H,4,7-9H2,1-2H3,(H,19,20). The number of nitrogens with one attached hydrogen (secondary N) is 2. The Kier molecular flexibility index (Phi) is 4.95. The van der Waals surface area contributed by atoms with Crippen LogP contribution in [0.3, 0.4) is 0 Å². The molecule has 2 N–H and O–H groups in total. The maximum Gasteiger partial charge on any atom is 0.238 e. The molecule has 20 heavy (non-hydrogen) atoms. The highest BCUT2D eigenvalue weighted by Crippen LogP contribution is 2.37. The highest BCUT2D eigenvalue weighted by atomic mass is 35.5. The van der Waals surface area contributed by atoms with Gasteiger partial charge in [-0.05, 0) is 30.4 Å². The number of anilines is 1. The Balaban J connectivity index is 1.90. The molecule has 2 rings (SSSR count). The molecule has 1 aromatic carbocycles. The lowest BCUT2D eigenvalue weighted by Crippen LogP contribution is -2.41. The van der Waals surface area contributed by atoms with Gasteiger partial charge in [-0.25, -0.2) is 0 Å². The van der Waals surface area contributed by atoms with E-state index in [0.29, 0.717) is 21.8 Å². The average molecular weight is 315 g/mol. The first-order chi connectivity index (χ1) is 9.40. The molecular weight excluding hydrogens is 295 g/mol. The maximum atomic E-state index is 12.0. The van der Waals surface area contributed by atoms with Gasteiger partial charge in [-0.3, -0.25) is 4.79 Å². The van der Waals surface area contributed by atoms with Crippen LogP contribution in [-0.4, -0.2) is 18.5 Å². The van der Waals surface area contributed by atoms with Gasteiger partial charge in [0.25, 0.3) is 0 Å². The summed E-state index contributed by atoms with van der Waals surface area (Å²) in [5, 5.41) is 7.00. The van der Waals surface area contributed by atoms with E-state index in [9.17, 15) is 4.79 Å². The number of carbonyl (C=O) groups excluding carboxylic acids is 1. The molecule has 1 aromatic rings. The Morgan fingerprint density at radius 2 is 2.00 bits per heavy atom. The summed E-state index contributed by atoms with van der Waals surface area (Å²) in [6.07, 6.45) is 3.53. The molecule has 0 bridgehead atoms. The van der Waals surface area contributed by atoms with Gasteiger partial charge >= 0.3 is 0 Å². The Bertz CT molecular complexity index is 482. The molecule has 110 valence electrons. The van der Waals surface area contributed by atoms with Gasteiger partial charge in [0.05, 0.1) is 22.3 Å². The number of amides is 1. The number of halogens is 2. The first-order valence-electron chi connectivity index (χ1n) is 6.87. The van der Waals surface area contributed by atoms with Crippen LogP contribution >= 0.6 is 23.2 Å². The van der Waals surface area contributed by atoms with Crippen LogP contribution in [0.2, 0.25) is 10.0 Å². The van der Waals surface area contributed by atoms with Gasteiger partial charge in [-0.1, -0.05) is 49.5 Å². The Morgan fingerprint density at radius 3 is 2.55 bits per heavy atom. The molecule has 1 unspecified atom stereocenters. The van der Waals surface area contributed by atoms with E-state index in [1.54, 1.807) is 18.2 Å². The van der Waals surface area contributed by atoms with Crippen LogP contribution in [0, 0.1) is 5.41 Å². The molecule has 1 aliphatic carbocycles. The van der Waals surface area contributed by atoms with Crippen LogP contribution in [0.25, 0.3) is 0 Å². The molecule has 1 amide bonds. The normalized spacial score (nSPS) is 20.9. The predicted octanol–water partition coefficient (Wildman–Crippen LogP) is 4.10. The molecule has 0 aromatic heterocycles. The van der Waals surface area contributed by atoms with Crippen molar-refractivity contribution in [2.24, 2.45) is 5.41 Å². The summed E-state index contributed by atoms with van der Waals surface area (Å²) in [5.41, 5.74) is 0.732. The fourth-order valence-electron chi connectivity index (χ4n) is 2.72. The van der Waals surface area contributed by atoms with Crippen LogP contribution in [0.5, 0.6) is 0 Å². The third-order valence-electron chi connectivity index (χ3n) is 3.99. The molecule has 5 heteroatoms. The van der Waals surface area contributed by atoms with Crippen molar-refractivity contribution in [2.75, 3.05) is 11.9 Å². The van der Waals surface area contributed by atoms with Crippen molar-refractivity contribution in [1.29, 1.82) is 0 Å². The van der Waals surface area contributed by atoms with Crippen molar-refractivity contribution in [3.8, 4) is 0 Å². The monoisotopic (exact) mass is 314 g/mol. The zero-order chi connectivity index (χ0) is 14.8. The Morgan fingerprint density at radius 1 is 1.35 bits per heavy atom. The van der Waals surface area contributed by atoms with E-state index in [0.717, 1.165) is 6.42 Å². The van der Waals surface area contributed by atoms with Crippen molar-refractivity contribution in [1.82, 2.24) is 5.32 Å². The number of hydrogen-bond acceptors (Lipinski definition) is 2. The van der Waals surface area contributed by atoms with Crippen molar-refractivity contribution in [2.45, 2.75) is 39.2 Å². The highest BCUT2D eigenvalue weighted by molar-refractivity contribution is 6.39. The first kappa shape index (κ1) is 15.6. The quantitative estimate of drug-likeness (QED) is 0.878. The minimum atomic E-state index is -0.122. The zero-order valence-electron chi connectivity index (χ0n) is 11.8. The lowest BCUT2D eigenvalue weighted by Gasteiger charge is -2.27. The fourth-order valence-corrected chi connectivity index (χ4v) is 3.21. The van der Waals surface area contributed by atoms with Crippen LogP contribution in [0.4, 0.5) is 5.69 Å². The second kappa shape index (κ2) is 6.33. The van der Waals surface area contributed by atoms with E-state index in [2.05, 4.69) is 24.5 Å². The minimum absolute atomic E-state index is 0.122. The summed E-state index contributed by atoms with van der Waals surface area (Å²) in [4.78, 5) is 12.0. The average Bonchev–Trinajstić information content (AvgIpc) is 2.71. The molecule has 1 saturated carbocycles. The van der Waals surface area contributed by atoms with E-state index in [-0.39, 0.29) is 17.9 Å². The van der Waals surface area contributed by atoms with Gasteiger partial charge in [-0.2, -0.15) is 0 Å². The van der Waals surface area contributed by atoms with Gasteiger partial charge in [-0.15, -0.1) is 0 Å². The van der Waals surface area contributed by atoms with Crippen LogP contribution in [0.15, 0.2) is 18.2 Å². The Hall–Kier alpha value is -0.770. The molecule has 0 spiro atoms. The van der Waals surface area contributed by atoms with Crippen molar-refractivity contribution in [3.05, 3.63) is 28.2 Å². The number of benzene rings is 1. The number of para-hydroxylation sites is 1. The molecule has 1 fully saturated rings. The van der Waals surface area contributed by atoms with E-state index in [1.165, 1.54) is 12.8 Å². The van der Waals surface area contributed by atoms with Gasteiger partial charge in [0.2, 0.25) is 5.91 Å². The molecule has 3 nitrogen and oxygen atoms in total. The minimum Gasteiger partial charge on any atom is -0.322 e. The molecule has 0 saturated heterocycles. The molecule has 1 atom stereocenters. The summed E-state index contributed by atoms with van der Waals surface area (Å²) >= 11 is 12.1. The summed E-state index contributed by atoms with van der Waals surface area (Å²) in [6.45, 7) is 4.75. The summed E-state index contributed by atoms with van der Waals surface area (Å²) < 4.78 is 0. The lowest BCUT2D eigenvalue weighted by atomic mass is 9.87. The van der Waals surface area contributed by atoms with Gasteiger partial charge in [0.15, 0.2) is 0 Å². The smallest absolute Gasteiger partial charge is 0.238 e. The lowest BCUT2D eigenvalue weighted by molar-refractivity contribution is -0.115. The second-order valence-corrected chi connectivity index (χ2v) is 6.77. The molecule has 0 aliphatic heterocycles. The number of carbonyl (C=O) groups is 1. The third-order valence-corrected chi connectivity index (χ3v) is 4.62. The molecular formula is C15H20Cl2N2O. The zero-order valence-corrected chi connectivity index (χ0v) is 13.3. The Labute approximate surface area is 130 Å². The van der Waals surface area contributed by atoms with Crippen LogP contribution in [0.1, 0.15) is 33.1 Å². The van der Waals surface area contributed by atoms with Crippen molar-refractivity contribution < 1.29 is 4.79 Å². The van der Waals surface area contributed by atoms with Gasteiger partial charge in [0, 0.05) is 6.04 Å². The predicted molar refractivity (Wildman–Crippen MR) is 84.5 cm³/mol. The topological polar surface area (TPSA) is 41.1 Å². The van der Waals surface area contributed by atoms with Crippen molar-refractivity contribution in [3.63, 3.8) is 0 Å². The van der Waals surface area contributed by atoms with Crippen LogP contribution < -0.4 is 10.6 Å². The summed E-state index contributed by atoms with van der Waals surface area (Å²) in [7, 11) is 0. The molecule has 0 heterocycles. The van der Waals surface area contributed by atoms with Gasteiger partial charge in [0.1, 0.15) is 0 Å². The highest BCUT2D eigenvalue weighted by Gasteiger charge is 2.34. The van der Waals surface area contributed by atoms with E-state index in [4.69, 9.17) is 23.2 Å². The number of rotatable bonds is 4. The third kappa shape index (κ3) is 3.66. The largest absolute Gasteiger partial charge is 0.322 e. The SMILES string of the molecule is CC1(C)CCCC1NCC(=O)Nc1c(Cl)cccc1Cl. The molecule has 1 aliphatic rings. The maximum absolute atomic E-state index is 12.0. The fraction of sp³-hybridized carbons (Fsp3) is 0.533. The van der Waals surface area contributed by atoms with Crippen LogP contribution in [-0.2, 0) is 4.79 Å². The summed E-state index contributed by atoms with van der Waals surface area (Å²) in [6, 6.07) is 5.54.